The second kappa shape index (κ2) is 5.55. The maximum Gasteiger partial charge on any atom is 0.188 e. The molecule has 0 radical (unpaired) electrons. The van der Waals surface area contributed by atoms with E-state index in [2.05, 4.69) is 15.9 Å². The molecule has 0 saturated heterocycles. The Hall–Kier alpha value is -0.740. The third-order valence-electron chi connectivity index (χ3n) is 2.42. The van der Waals surface area contributed by atoms with Gasteiger partial charge in [0.2, 0.25) is 0 Å². The first kappa shape index (κ1) is 11.7. The summed E-state index contributed by atoms with van der Waals surface area (Å²) in [7, 11) is 1.60. The molecule has 0 aromatic heterocycles. The van der Waals surface area contributed by atoms with Crippen LogP contribution in [0.15, 0.2) is 22.7 Å². The number of benzene rings is 1. The van der Waals surface area contributed by atoms with E-state index in [9.17, 15) is 0 Å². The molecule has 4 heteroatoms. The molecule has 1 saturated carbocycles. The van der Waals surface area contributed by atoms with E-state index in [1.165, 1.54) is 12.8 Å². The van der Waals surface area contributed by atoms with Gasteiger partial charge in [-0.05, 0) is 46.8 Å². The van der Waals surface area contributed by atoms with Gasteiger partial charge in [0.1, 0.15) is 0 Å². The molecule has 1 aromatic carbocycles. The maximum absolute atomic E-state index is 5.76. The van der Waals surface area contributed by atoms with E-state index in [1.807, 2.05) is 18.2 Å². The van der Waals surface area contributed by atoms with Gasteiger partial charge in [0.25, 0.3) is 0 Å². The first-order valence-corrected chi connectivity index (χ1v) is 6.13. The van der Waals surface area contributed by atoms with Crippen LogP contribution in [0, 0.1) is 5.92 Å². The van der Waals surface area contributed by atoms with E-state index < -0.39 is 0 Å². The molecular weight excluding hydrogens is 272 g/mol. The van der Waals surface area contributed by atoms with Gasteiger partial charge in [-0.25, -0.2) is 0 Å². The largest absolute Gasteiger partial charge is 0.488 e. The van der Waals surface area contributed by atoms with E-state index in [0.717, 1.165) is 28.5 Å². The topological polar surface area (TPSA) is 27.7 Å². The lowest BCUT2D eigenvalue weighted by Crippen LogP contribution is -2.04. The molecule has 2 rings (SSSR count). The van der Waals surface area contributed by atoms with Gasteiger partial charge in [-0.3, -0.25) is 0 Å². The number of methoxy groups -OCH3 is 1. The lowest BCUT2D eigenvalue weighted by molar-refractivity contribution is 0.0484. The van der Waals surface area contributed by atoms with Crippen molar-refractivity contribution in [3.05, 3.63) is 22.7 Å². The fourth-order valence-electron chi connectivity index (χ4n) is 1.35. The molecule has 0 spiro atoms. The summed E-state index contributed by atoms with van der Waals surface area (Å²) in [5, 5.41) is 0. The number of hydrogen-bond donors (Lipinski definition) is 0. The number of para-hydroxylation sites is 1. The lowest BCUT2D eigenvalue weighted by atomic mass is 10.3. The van der Waals surface area contributed by atoms with Crippen LogP contribution in [-0.2, 0) is 4.74 Å². The molecule has 1 fully saturated rings. The molecule has 16 heavy (non-hydrogen) atoms. The van der Waals surface area contributed by atoms with Gasteiger partial charge in [0.15, 0.2) is 18.3 Å². The molecular formula is C12H15BrO3. The number of hydrogen-bond acceptors (Lipinski definition) is 3. The van der Waals surface area contributed by atoms with Gasteiger partial charge >= 0.3 is 0 Å². The van der Waals surface area contributed by atoms with Crippen molar-refractivity contribution in [2.45, 2.75) is 12.8 Å². The zero-order chi connectivity index (χ0) is 11.4. The fraction of sp³-hybridized carbons (Fsp3) is 0.500. The van der Waals surface area contributed by atoms with E-state index in [1.54, 1.807) is 7.11 Å². The molecule has 88 valence electrons. The van der Waals surface area contributed by atoms with Crippen LogP contribution in [-0.4, -0.2) is 20.5 Å². The average Bonchev–Trinajstić information content (AvgIpc) is 3.09. The van der Waals surface area contributed by atoms with Gasteiger partial charge in [-0.2, -0.15) is 0 Å². The summed E-state index contributed by atoms with van der Waals surface area (Å²) in [6, 6.07) is 5.74. The molecule has 1 aliphatic rings. The van der Waals surface area contributed by atoms with Crippen molar-refractivity contribution in [3.8, 4) is 11.5 Å². The Morgan fingerprint density at radius 1 is 1.31 bits per heavy atom. The summed E-state index contributed by atoms with van der Waals surface area (Å²) in [6.45, 7) is 1.00. The summed E-state index contributed by atoms with van der Waals surface area (Å²) in [5.41, 5.74) is 0. The highest BCUT2D eigenvalue weighted by Crippen LogP contribution is 2.37. The summed E-state index contributed by atoms with van der Waals surface area (Å²) >= 11 is 3.46. The summed E-state index contributed by atoms with van der Waals surface area (Å²) in [6.07, 6.45) is 2.55. The minimum Gasteiger partial charge on any atom is -0.488 e. The van der Waals surface area contributed by atoms with Crippen LogP contribution in [0.2, 0.25) is 0 Å². The zero-order valence-corrected chi connectivity index (χ0v) is 10.8. The van der Waals surface area contributed by atoms with Crippen LogP contribution in [0.3, 0.4) is 0 Å². The zero-order valence-electron chi connectivity index (χ0n) is 9.24. The minimum absolute atomic E-state index is 0.232. The normalized spacial score (nSPS) is 14.9. The van der Waals surface area contributed by atoms with Crippen molar-refractivity contribution >= 4 is 15.9 Å². The van der Waals surface area contributed by atoms with Crippen LogP contribution in [0.1, 0.15) is 12.8 Å². The Morgan fingerprint density at radius 2 is 2.12 bits per heavy atom. The first-order valence-electron chi connectivity index (χ1n) is 5.34. The predicted molar refractivity (Wildman–Crippen MR) is 64.9 cm³/mol. The van der Waals surface area contributed by atoms with Crippen LogP contribution in [0.5, 0.6) is 11.5 Å². The van der Waals surface area contributed by atoms with Crippen molar-refractivity contribution in [3.63, 3.8) is 0 Å². The number of rotatable bonds is 6. The quantitative estimate of drug-likeness (QED) is 0.752. The van der Waals surface area contributed by atoms with Crippen molar-refractivity contribution < 1.29 is 14.2 Å². The third-order valence-corrected chi connectivity index (χ3v) is 3.05. The lowest BCUT2D eigenvalue weighted by Gasteiger charge is -2.13. The minimum atomic E-state index is 0.232. The van der Waals surface area contributed by atoms with Gasteiger partial charge in [0.05, 0.1) is 11.1 Å². The number of halogens is 1. The van der Waals surface area contributed by atoms with Gasteiger partial charge in [-0.15, -0.1) is 0 Å². The van der Waals surface area contributed by atoms with Crippen LogP contribution in [0.25, 0.3) is 0 Å². The molecule has 0 heterocycles. The smallest absolute Gasteiger partial charge is 0.188 e. The SMILES string of the molecule is COCOc1cccc(Br)c1OCC1CC1. The second-order valence-electron chi connectivity index (χ2n) is 3.87. The van der Waals surface area contributed by atoms with Crippen LogP contribution >= 0.6 is 15.9 Å². The Morgan fingerprint density at radius 3 is 2.81 bits per heavy atom. The Labute approximate surface area is 104 Å². The number of ether oxygens (including phenoxy) is 3. The van der Waals surface area contributed by atoms with Crippen molar-refractivity contribution in [2.24, 2.45) is 5.92 Å². The first-order chi connectivity index (χ1) is 7.81. The fourth-order valence-corrected chi connectivity index (χ4v) is 1.81. The molecule has 3 nitrogen and oxygen atoms in total. The highest BCUT2D eigenvalue weighted by molar-refractivity contribution is 9.10. The highest BCUT2D eigenvalue weighted by Gasteiger charge is 2.23. The molecule has 0 unspecified atom stereocenters. The summed E-state index contributed by atoms with van der Waals surface area (Å²) in [4.78, 5) is 0. The molecule has 0 aliphatic heterocycles. The van der Waals surface area contributed by atoms with Crippen molar-refractivity contribution in [1.29, 1.82) is 0 Å². The Balaban J connectivity index is 2.04. The summed E-state index contributed by atoms with van der Waals surface area (Å²) in [5.74, 6) is 2.21. The molecule has 0 bridgehead atoms. The third kappa shape index (κ3) is 3.12. The van der Waals surface area contributed by atoms with E-state index in [0.29, 0.717) is 0 Å². The Kier molecular flexibility index (Phi) is 4.07. The molecule has 0 N–H and O–H groups in total. The van der Waals surface area contributed by atoms with Crippen molar-refractivity contribution in [2.75, 3.05) is 20.5 Å². The van der Waals surface area contributed by atoms with Gasteiger partial charge in [0, 0.05) is 7.11 Å². The van der Waals surface area contributed by atoms with E-state index in [4.69, 9.17) is 14.2 Å². The van der Waals surface area contributed by atoms with E-state index in [-0.39, 0.29) is 6.79 Å². The second-order valence-corrected chi connectivity index (χ2v) is 4.73. The van der Waals surface area contributed by atoms with E-state index >= 15 is 0 Å². The predicted octanol–water partition coefficient (Wildman–Crippen LogP) is 3.22. The van der Waals surface area contributed by atoms with Crippen LogP contribution < -0.4 is 9.47 Å². The Bertz CT molecular complexity index is 350. The van der Waals surface area contributed by atoms with Gasteiger partial charge < -0.3 is 14.2 Å². The maximum atomic E-state index is 5.76. The van der Waals surface area contributed by atoms with Crippen LogP contribution in [0.4, 0.5) is 0 Å². The standard InChI is InChI=1S/C12H15BrO3/c1-14-8-16-11-4-2-3-10(13)12(11)15-7-9-5-6-9/h2-4,9H,5-8H2,1H3. The van der Waals surface area contributed by atoms with Crippen molar-refractivity contribution in [1.82, 2.24) is 0 Å². The molecule has 1 aliphatic carbocycles. The summed E-state index contributed by atoms with van der Waals surface area (Å²) < 4.78 is 17.0. The monoisotopic (exact) mass is 286 g/mol. The molecule has 1 aromatic rings. The molecule has 0 amide bonds. The highest BCUT2D eigenvalue weighted by atomic mass is 79.9. The van der Waals surface area contributed by atoms with Gasteiger partial charge in [-0.1, -0.05) is 6.07 Å². The molecule has 0 atom stereocenters. The average molecular weight is 287 g/mol.